The maximum absolute atomic E-state index is 11.2. The number of rotatable bonds is 11. The lowest BCUT2D eigenvalue weighted by Gasteiger charge is -2.17. The predicted molar refractivity (Wildman–Crippen MR) is 136 cm³/mol. The fraction of sp³-hybridized carbons (Fsp3) is 0.481. The number of hydrogen-bond acceptors (Lipinski definition) is 9. The predicted octanol–water partition coefficient (Wildman–Crippen LogP) is 3.18. The highest BCUT2D eigenvalue weighted by atomic mass is 16.5. The lowest BCUT2D eigenvalue weighted by atomic mass is 9.98. The number of benzene rings is 1. The number of aliphatic hydroxyl groups is 2. The summed E-state index contributed by atoms with van der Waals surface area (Å²) in [4.78, 5) is 20.3. The normalized spacial score (nSPS) is 14.5. The Bertz CT molecular complexity index is 1220. The highest BCUT2D eigenvalue weighted by Crippen LogP contribution is 2.37. The quantitative estimate of drug-likeness (QED) is 0.355. The molecule has 37 heavy (non-hydrogen) atoms. The number of aliphatic hydroxyl groups excluding tert-OH is 2. The number of amides is 1. The summed E-state index contributed by atoms with van der Waals surface area (Å²) in [6.45, 7) is 3.29. The Morgan fingerprint density at radius 3 is 2.70 bits per heavy atom. The van der Waals surface area contributed by atoms with Crippen LogP contribution in [0.2, 0.25) is 0 Å². The van der Waals surface area contributed by atoms with Gasteiger partial charge in [-0.25, -0.2) is 4.98 Å². The zero-order valence-electron chi connectivity index (χ0n) is 21.5. The number of ether oxygens (including phenoxy) is 2. The maximum atomic E-state index is 11.2. The molecule has 1 aromatic carbocycles. The summed E-state index contributed by atoms with van der Waals surface area (Å²) >= 11 is 0. The van der Waals surface area contributed by atoms with Crippen LogP contribution in [0, 0.1) is 6.92 Å². The van der Waals surface area contributed by atoms with Crippen LogP contribution in [0.25, 0.3) is 23.0 Å². The SMILES string of the molecule is CCc1cc(-c2noc(-c3cc(C4CCCC4)cc(OC)n3)n2)cc(C)c1OC[C@@H](O)CNC(=O)CO. The molecule has 0 saturated heterocycles. The summed E-state index contributed by atoms with van der Waals surface area (Å²) in [7, 11) is 1.60. The van der Waals surface area contributed by atoms with Crippen LogP contribution >= 0.6 is 0 Å². The molecule has 1 aliphatic carbocycles. The van der Waals surface area contributed by atoms with E-state index in [1.165, 1.54) is 18.4 Å². The zero-order chi connectivity index (χ0) is 26.4. The molecule has 0 spiro atoms. The average molecular weight is 511 g/mol. The van der Waals surface area contributed by atoms with E-state index in [-0.39, 0.29) is 13.2 Å². The van der Waals surface area contributed by atoms with Gasteiger partial charge in [0.2, 0.25) is 17.6 Å². The van der Waals surface area contributed by atoms with Gasteiger partial charge < -0.3 is 29.5 Å². The molecule has 1 fully saturated rings. The molecule has 0 aliphatic heterocycles. The van der Waals surface area contributed by atoms with Crippen molar-refractivity contribution in [1.82, 2.24) is 20.4 Å². The molecule has 2 aromatic heterocycles. The average Bonchev–Trinajstić information content (AvgIpc) is 3.63. The van der Waals surface area contributed by atoms with E-state index in [9.17, 15) is 9.90 Å². The minimum Gasteiger partial charge on any atom is -0.490 e. The fourth-order valence-corrected chi connectivity index (χ4v) is 4.65. The summed E-state index contributed by atoms with van der Waals surface area (Å²) in [6.07, 6.45) is 4.55. The Labute approximate surface area is 216 Å². The molecule has 0 unspecified atom stereocenters. The number of aryl methyl sites for hydroxylation is 2. The summed E-state index contributed by atoms with van der Waals surface area (Å²) in [5.41, 5.74) is 4.34. The molecule has 4 rings (SSSR count). The van der Waals surface area contributed by atoms with Crippen LogP contribution < -0.4 is 14.8 Å². The topological polar surface area (TPSA) is 140 Å². The minimum atomic E-state index is -0.913. The van der Waals surface area contributed by atoms with E-state index in [0.717, 1.165) is 29.5 Å². The number of nitrogens with one attached hydrogen (secondary N) is 1. The largest absolute Gasteiger partial charge is 0.490 e. The summed E-state index contributed by atoms with van der Waals surface area (Å²) in [6, 6.07) is 7.86. The van der Waals surface area contributed by atoms with Crippen LogP contribution in [0.5, 0.6) is 11.6 Å². The first-order valence-corrected chi connectivity index (χ1v) is 12.6. The molecule has 1 atom stereocenters. The number of aromatic nitrogens is 3. The van der Waals surface area contributed by atoms with E-state index >= 15 is 0 Å². The Kier molecular flexibility index (Phi) is 8.73. The zero-order valence-corrected chi connectivity index (χ0v) is 21.5. The number of carbonyl (C=O) groups excluding carboxylic acids is 1. The molecule has 1 aliphatic rings. The van der Waals surface area contributed by atoms with Crippen molar-refractivity contribution in [2.75, 3.05) is 26.9 Å². The second-order valence-electron chi connectivity index (χ2n) is 9.29. The van der Waals surface area contributed by atoms with Gasteiger partial charge in [0.1, 0.15) is 30.8 Å². The summed E-state index contributed by atoms with van der Waals surface area (Å²) < 4.78 is 16.9. The first kappa shape index (κ1) is 26.6. The van der Waals surface area contributed by atoms with Gasteiger partial charge in [0.25, 0.3) is 5.89 Å². The van der Waals surface area contributed by atoms with Gasteiger partial charge in [-0.05, 0) is 67.0 Å². The van der Waals surface area contributed by atoms with Crippen LogP contribution in [0.15, 0.2) is 28.8 Å². The van der Waals surface area contributed by atoms with Gasteiger partial charge in [-0.15, -0.1) is 0 Å². The molecule has 1 saturated carbocycles. The first-order valence-electron chi connectivity index (χ1n) is 12.6. The van der Waals surface area contributed by atoms with Crippen LogP contribution in [0.4, 0.5) is 0 Å². The van der Waals surface area contributed by atoms with Gasteiger partial charge in [0.15, 0.2) is 0 Å². The third-order valence-electron chi connectivity index (χ3n) is 6.59. The van der Waals surface area contributed by atoms with Crippen LogP contribution in [-0.2, 0) is 11.2 Å². The van der Waals surface area contributed by atoms with Crippen molar-refractivity contribution in [3.8, 4) is 34.6 Å². The van der Waals surface area contributed by atoms with E-state index in [0.29, 0.717) is 41.4 Å². The Morgan fingerprint density at radius 2 is 2.00 bits per heavy atom. The fourth-order valence-electron chi connectivity index (χ4n) is 4.65. The van der Waals surface area contributed by atoms with Crippen molar-refractivity contribution < 1.29 is 29.0 Å². The molecule has 10 heteroatoms. The lowest BCUT2D eigenvalue weighted by molar-refractivity contribution is -0.124. The molecule has 0 radical (unpaired) electrons. The molecular formula is C27H34N4O6. The van der Waals surface area contributed by atoms with E-state index in [2.05, 4.69) is 20.4 Å². The second-order valence-corrected chi connectivity index (χ2v) is 9.29. The van der Waals surface area contributed by atoms with E-state index in [4.69, 9.17) is 19.1 Å². The second kappa shape index (κ2) is 12.2. The summed E-state index contributed by atoms with van der Waals surface area (Å²) in [5.74, 6) is 1.91. The monoisotopic (exact) mass is 510 g/mol. The van der Waals surface area contributed by atoms with Crippen LogP contribution in [0.1, 0.15) is 55.2 Å². The molecule has 0 bridgehead atoms. The van der Waals surface area contributed by atoms with Crippen molar-refractivity contribution in [1.29, 1.82) is 0 Å². The Morgan fingerprint density at radius 1 is 1.22 bits per heavy atom. The number of nitrogens with zero attached hydrogens (tertiary/aromatic N) is 3. The maximum Gasteiger partial charge on any atom is 0.276 e. The molecular weight excluding hydrogens is 476 g/mol. The first-order chi connectivity index (χ1) is 17.9. The molecule has 1 amide bonds. The van der Waals surface area contributed by atoms with Gasteiger partial charge >= 0.3 is 0 Å². The lowest BCUT2D eigenvalue weighted by Crippen LogP contribution is -2.36. The highest BCUT2D eigenvalue weighted by Gasteiger charge is 2.22. The number of pyridine rings is 1. The molecule has 10 nitrogen and oxygen atoms in total. The van der Waals surface area contributed by atoms with Gasteiger partial charge in [-0.2, -0.15) is 4.98 Å². The Balaban J connectivity index is 1.53. The molecule has 3 N–H and O–H groups in total. The van der Waals surface area contributed by atoms with Crippen molar-refractivity contribution in [3.05, 3.63) is 41.0 Å². The van der Waals surface area contributed by atoms with E-state index in [1.807, 2.05) is 38.1 Å². The van der Waals surface area contributed by atoms with Gasteiger partial charge in [0.05, 0.1) is 7.11 Å². The highest BCUT2D eigenvalue weighted by molar-refractivity contribution is 5.76. The number of hydrogen-bond donors (Lipinski definition) is 3. The molecule has 2 heterocycles. The van der Waals surface area contributed by atoms with Gasteiger partial charge in [0, 0.05) is 18.2 Å². The molecule has 3 aromatic rings. The number of carbonyl (C=O) groups is 1. The van der Waals surface area contributed by atoms with Crippen molar-refractivity contribution >= 4 is 5.91 Å². The minimum absolute atomic E-state index is 0.00388. The van der Waals surface area contributed by atoms with E-state index in [1.54, 1.807) is 7.11 Å². The molecule has 198 valence electrons. The van der Waals surface area contributed by atoms with Gasteiger partial charge in [-0.1, -0.05) is 24.9 Å². The standard InChI is InChI=1S/C27H34N4O6/c1-4-17-10-20(9-16(2)25(17)36-15-21(33)13-28-23(34)14-32)26-30-27(37-31-26)22-11-19(12-24(29-22)35-3)18-7-5-6-8-18/h9-12,18,21,32-33H,4-8,13-15H2,1-3H3,(H,28,34)/t21-/m0/s1. The van der Waals surface area contributed by atoms with Crippen molar-refractivity contribution in [2.24, 2.45) is 0 Å². The smallest absolute Gasteiger partial charge is 0.276 e. The third kappa shape index (κ3) is 6.44. The number of methoxy groups -OCH3 is 1. The van der Waals surface area contributed by atoms with Crippen LogP contribution in [0.3, 0.4) is 0 Å². The Hall–Kier alpha value is -3.50. The van der Waals surface area contributed by atoms with Crippen molar-refractivity contribution in [2.45, 2.75) is 58.0 Å². The van der Waals surface area contributed by atoms with E-state index < -0.39 is 18.6 Å². The van der Waals surface area contributed by atoms with Crippen molar-refractivity contribution in [3.63, 3.8) is 0 Å². The van der Waals surface area contributed by atoms with Gasteiger partial charge in [-0.3, -0.25) is 4.79 Å². The van der Waals surface area contributed by atoms with Crippen LogP contribution in [-0.4, -0.2) is 64.2 Å². The summed E-state index contributed by atoms with van der Waals surface area (Å²) in [5, 5.41) is 25.5. The third-order valence-corrected chi connectivity index (χ3v) is 6.59.